The number of carbonyl (C=O) groups excluding carboxylic acids is 1. The van der Waals surface area contributed by atoms with Crippen LogP contribution in [0.4, 0.5) is 13.2 Å². The van der Waals surface area contributed by atoms with E-state index in [1.807, 2.05) is 0 Å². The van der Waals surface area contributed by atoms with Gasteiger partial charge >= 0.3 is 6.36 Å². The predicted octanol–water partition coefficient (Wildman–Crippen LogP) is 1.94. The quantitative estimate of drug-likeness (QED) is 0.863. The molecule has 0 aliphatic carbocycles. The Labute approximate surface area is 108 Å². The van der Waals surface area contributed by atoms with E-state index in [4.69, 9.17) is 5.73 Å². The van der Waals surface area contributed by atoms with E-state index in [0.717, 1.165) is 0 Å². The first-order chi connectivity index (χ1) is 8.76. The summed E-state index contributed by atoms with van der Waals surface area (Å²) in [6, 6.07) is 5.06. The van der Waals surface area contributed by atoms with Gasteiger partial charge in [0.2, 0.25) is 5.91 Å². The van der Waals surface area contributed by atoms with Gasteiger partial charge in [0.1, 0.15) is 5.75 Å². The molecule has 0 saturated heterocycles. The van der Waals surface area contributed by atoms with Gasteiger partial charge in [0.05, 0.1) is 0 Å². The number of halogens is 3. The van der Waals surface area contributed by atoms with Crippen molar-refractivity contribution in [2.75, 3.05) is 0 Å². The Morgan fingerprint density at radius 3 is 2.42 bits per heavy atom. The molecule has 1 amide bonds. The number of rotatable bonds is 5. The number of ether oxygens (including phenoxy) is 1. The maximum absolute atomic E-state index is 11.9. The molecule has 0 bridgehead atoms. The summed E-state index contributed by atoms with van der Waals surface area (Å²) in [5.41, 5.74) is 6.13. The van der Waals surface area contributed by atoms with Crippen LogP contribution >= 0.6 is 0 Å². The molecule has 0 fully saturated rings. The minimum atomic E-state index is -4.70. The van der Waals surface area contributed by atoms with Crippen molar-refractivity contribution < 1.29 is 22.7 Å². The number of amides is 1. The van der Waals surface area contributed by atoms with Crippen LogP contribution in [0.3, 0.4) is 0 Å². The van der Waals surface area contributed by atoms with Crippen LogP contribution in [0, 0.1) is 0 Å². The van der Waals surface area contributed by atoms with Crippen molar-refractivity contribution in [1.29, 1.82) is 0 Å². The highest BCUT2D eigenvalue weighted by Crippen LogP contribution is 2.22. The number of carbonyl (C=O) groups is 1. The van der Waals surface area contributed by atoms with Gasteiger partial charge in [0.25, 0.3) is 0 Å². The third-order valence-corrected chi connectivity index (χ3v) is 2.15. The molecule has 1 unspecified atom stereocenters. The lowest BCUT2D eigenvalue weighted by Crippen LogP contribution is -2.29. The Kier molecular flexibility index (Phi) is 5.17. The van der Waals surface area contributed by atoms with Gasteiger partial charge in [-0.1, -0.05) is 12.1 Å². The average Bonchev–Trinajstić information content (AvgIpc) is 2.25. The van der Waals surface area contributed by atoms with Gasteiger partial charge < -0.3 is 15.8 Å². The number of nitrogens with two attached hydrogens (primary N) is 1. The Balaban J connectivity index is 2.46. The van der Waals surface area contributed by atoms with Crippen molar-refractivity contribution in [1.82, 2.24) is 5.32 Å². The molecular formula is C12H15F3N2O2. The zero-order chi connectivity index (χ0) is 14.5. The highest BCUT2D eigenvalue weighted by Gasteiger charge is 2.30. The molecule has 0 spiro atoms. The summed E-state index contributed by atoms with van der Waals surface area (Å²) in [5, 5.41) is 2.62. The Morgan fingerprint density at radius 1 is 1.37 bits per heavy atom. The van der Waals surface area contributed by atoms with Crippen LogP contribution < -0.4 is 15.8 Å². The molecule has 0 aliphatic rings. The third-order valence-electron chi connectivity index (χ3n) is 2.15. The van der Waals surface area contributed by atoms with E-state index in [0.29, 0.717) is 5.56 Å². The second-order valence-corrected chi connectivity index (χ2v) is 4.15. The second kappa shape index (κ2) is 6.42. The minimum absolute atomic E-state index is 0.203. The van der Waals surface area contributed by atoms with Gasteiger partial charge in [0.15, 0.2) is 0 Å². The molecule has 0 aliphatic heterocycles. The maximum atomic E-state index is 11.9. The lowest BCUT2D eigenvalue weighted by atomic mass is 10.2. The zero-order valence-corrected chi connectivity index (χ0v) is 10.3. The Bertz CT molecular complexity index is 416. The predicted molar refractivity (Wildman–Crippen MR) is 63.2 cm³/mol. The Hall–Kier alpha value is -1.76. The van der Waals surface area contributed by atoms with Crippen molar-refractivity contribution >= 4 is 5.91 Å². The third kappa shape index (κ3) is 6.66. The van der Waals surface area contributed by atoms with Crippen LogP contribution in [0.1, 0.15) is 18.9 Å². The van der Waals surface area contributed by atoms with E-state index in [9.17, 15) is 18.0 Å². The van der Waals surface area contributed by atoms with E-state index in [-0.39, 0.29) is 30.7 Å². The summed E-state index contributed by atoms with van der Waals surface area (Å²) in [6.45, 7) is 1.95. The van der Waals surface area contributed by atoms with E-state index >= 15 is 0 Å². The van der Waals surface area contributed by atoms with Crippen molar-refractivity contribution in [3.8, 4) is 5.75 Å². The standard InChI is InChI=1S/C12H15F3N2O2/c1-8(16)6-11(18)17-7-9-2-4-10(5-3-9)19-12(13,14)15/h2-5,8H,6-7,16H2,1H3,(H,17,18). The summed E-state index contributed by atoms with van der Waals surface area (Å²) in [4.78, 5) is 11.3. The second-order valence-electron chi connectivity index (χ2n) is 4.15. The molecule has 7 heteroatoms. The van der Waals surface area contributed by atoms with Gasteiger partial charge in [-0.2, -0.15) is 0 Å². The molecule has 1 rings (SSSR count). The molecule has 1 aromatic carbocycles. The molecule has 1 atom stereocenters. The van der Waals surface area contributed by atoms with Crippen LogP contribution in [0.2, 0.25) is 0 Å². The summed E-state index contributed by atoms with van der Waals surface area (Å²) in [7, 11) is 0. The molecular weight excluding hydrogens is 261 g/mol. The van der Waals surface area contributed by atoms with Gasteiger partial charge in [-0.05, 0) is 24.6 Å². The molecule has 0 radical (unpaired) electrons. The molecule has 4 nitrogen and oxygen atoms in total. The zero-order valence-electron chi connectivity index (χ0n) is 10.3. The lowest BCUT2D eigenvalue weighted by Gasteiger charge is -2.10. The fourth-order valence-corrected chi connectivity index (χ4v) is 1.37. The van der Waals surface area contributed by atoms with E-state index in [1.165, 1.54) is 24.3 Å². The Morgan fingerprint density at radius 2 is 1.95 bits per heavy atom. The molecule has 0 heterocycles. The van der Waals surface area contributed by atoms with Crippen LogP contribution in [0.15, 0.2) is 24.3 Å². The lowest BCUT2D eigenvalue weighted by molar-refractivity contribution is -0.274. The smallest absolute Gasteiger partial charge is 0.406 e. The number of hydrogen-bond donors (Lipinski definition) is 2. The van der Waals surface area contributed by atoms with Crippen molar-refractivity contribution in [3.05, 3.63) is 29.8 Å². The van der Waals surface area contributed by atoms with E-state index in [1.54, 1.807) is 6.92 Å². The van der Waals surface area contributed by atoms with Crippen LogP contribution in [-0.4, -0.2) is 18.3 Å². The fourth-order valence-electron chi connectivity index (χ4n) is 1.37. The summed E-state index contributed by atoms with van der Waals surface area (Å²) in [5.74, 6) is -0.497. The highest BCUT2D eigenvalue weighted by molar-refractivity contribution is 5.76. The van der Waals surface area contributed by atoms with Gasteiger partial charge in [-0.15, -0.1) is 13.2 Å². The normalized spacial score (nSPS) is 12.9. The number of benzene rings is 1. The van der Waals surface area contributed by atoms with E-state index < -0.39 is 6.36 Å². The first-order valence-corrected chi connectivity index (χ1v) is 5.63. The van der Waals surface area contributed by atoms with Crippen molar-refractivity contribution in [3.63, 3.8) is 0 Å². The monoisotopic (exact) mass is 276 g/mol. The molecule has 1 aromatic rings. The SMILES string of the molecule is CC(N)CC(=O)NCc1ccc(OC(F)(F)F)cc1. The highest BCUT2D eigenvalue weighted by atomic mass is 19.4. The van der Waals surface area contributed by atoms with E-state index in [2.05, 4.69) is 10.1 Å². The maximum Gasteiger partial charge on any atom is 0.573 e. The summed E-state index contributed by atoms with van der Waals surface area (Å²) in [6.07, 6.45) is -4.50. The average molecular weight is 276 g/mol. The van der Waals surface area contributed by atoms with Crippen molar-refractivity contribution in [2.24, 2.45) is 5.73 Å². The first-order valence-electron chi connectivity index (χ1n) is 5.63. The molecule has 0 aromatic heterocycles. The number of nitrogens with one attached hydrogen (secondary N) is 1. The van der Waals surface area contributed by atoms with Crippen molar-refractivity contribution in [2.45, 2.75) is 32.3 Å². The molecule has 19 heavy (non-hydrogen) atoms. The van der Waals surface area contributed by atoms with Crippen LogP contribution in [0.5, 0.6) is 5.75 Å². The van der Waals surface area contributed by atoms with Gasteiger partial charge in [-0.3, -0.25) is 4.79 Å². The molecule has 3 N–H and O–H groups in total. The van der Waals surface area contributed by atoms with Crippen LogP contribution in [0.25, 0.3) is 0 Å². The summed E-state index contributed by atoms with van der Waals surface area (Å²) < 4.78 is 39.5. The number of hydrogen-bond acceptors (Lipinski definition) is 3. The van der Waals surface area contributed by atoms with Gasteiger partial charge in [0, 0.05) is 19.0 Å². The molecule has 106 valence electrons. The number of alkyl halides is 3. The fraction of sp³-hybridized carbons (Fsp3) is 0.417. The van der Waals surface area contributed by atoms with Gasteiger partial charge in [-0.25, -0.2) is 0 Å². The van der Waals surface area contributed by atoms with Crippen LogP contribution in [-0.2, 0) is 11.3 Å². The summed E-state index contributed by atoms with van der Waals surface area (Å²) >= 11 is 0. The topological polar surface area (TPSA) is 64.4 Å². The largest absolute Gasteiger partial charge is 0.573 e. The minimum Gasteiger partial charge on any atom is -0.406 e. The first kappa shape index (κ1) is 15.3. The molecule has 0 saturated carbocycles.